The second kappa shape index (κ2) is 8.85. The summed E-state index contributed by atoms with van der Waals surface area (Å²) >= 11 is 1.38. The molecule has 0 radical (unpaired) electrons. The van der Waals surface area contributed by atoms with Crippen LogP contribution < -0.4 is 20.3 Å². The number of fused-ring (bicyclic) bond motifs is 1. The van der Waals surface area contributed by atoms with Crippen LogP contribution in [-0.2, 0) is 16.1 Å². The quantitative estimate of drug-likeness (QED) is 0.578. The van der Waals surface area contributed by atoms with E-state index in [0.717, 1.165) is 11.1 Å². The van der Waals surface area contributed by atoms with Gasteiger partial charge in [0.05, 0.1) is 32.5 Å². The number of ether oxygens (including phenoxy) is 3. The van der Waals surface area contributed by atoms with E-state index in [9.17, 15) is 9.59 Å². The lowest BCUT2D eigenvalue weighted by atomic mass is 10.1. The van der Waals surface area contributed by atoms with Gasteiger partial charge in [-0.15, -0.1) is 11.3 Å². The molecule has 0 bridgehead atoms. The van der Waals surface area contributed by atoms with Gasteiger partial charge in [0.15, 0.2) is 11.5 Å². The number of aromatic nitrogens is 2. The van der Waals surface area contributed by atoms with Crippen molar-refractivity contribution in [1.82, 2.24) is 14.9 Å². The summed E-state index contributed by atoms with van der Waals surface area (Å²) < 4.78 is 16.8. The number of benzene rings is 1. The molecule has 0 unspecified atom stereocenters. The van der Waals surface area contributed by atoms with Crippen LogP contribution in [0, 0.1) is 0 Å². The summed E-state index contributed by atoms with van der Waals surface area (Å²) in [5, 5.41) is 5.05. The van der Waals surface area contributed by atoms with Crippen molar-refractivity contribution in [2.75, 3.05) is 34.5 Å². The van der Waals surface area contributed by atoms with Gasteiger partial charge in [0, 0.05) is 24.6 Å². The van der Waals surface area contributed by atoms with E-state index >= 15 is 0 Å². The van der Waals surface area contributed by atoms with Gasteiger partial charge in [-0.1, -0.05) is 6.07 Å². The smallest absolute Gasteiger partial charge is 0.263 e. The van der Waals surface area contributed by atoms with Gasteiger partial charge in [0.1, 0.15) is 11.4 Å². The summed E-state index contributed by atoms with van der Waals surface area (Å²) in [4.78, 5) is 30.0. The molecule has 9 heteroatoms. The molecule has 1 aromatic carbocycles. The van der Waals surface area contributed by atoms with E-state index in [-0.39, 0.29) is 18.0 Å². The Labute approximate surface area is 165 Å². The lowest BCUT2D eigenvalue weighted by molar-refractivity contribution is -0.121. The minimum absolute atomic E-state index is 0.104. The Morgan fingerprint density at radius 1 is 1.21 bits per heavy atom. The van der Waals surface area contributed by atoms with Crippen molar-refractivity contribution in [2.45, 2.75) is 6.54 Å². The summed E-state index contributed by atoms with van der Waals surface area (Å²) in [5.41, 5.74) is 1.29. The van der Waals surface area contributed by atoms with E-state index < -0.39 is 0 Å². The van der Waals surface area contributed by atoms with Crippen LogP contribution in [0.3, 0.4) is 0 Å². The standard InChI is InChI=1S/C19H21N3O5S/c1-25-7-6-20-16(23)9-22-11-21-18-17(19(22)24)13(10-28-18)12-4-5-14(26-2)15(8-12)27-3/h4-5,8,10-11H,6-7,9H2,1-3H3,(H,20,23). The Hall–Kier alpha value is -2.91. The first-order chi connectivity index (χ1) is 13.6. The highest BCUT2D eigenvalue weighted by atomic mass is 32.1. The zero-order valence-electron chi connectivity index (χ0n) is 15.9. The number of nitrogens with zero attached hydrogens (tertiary/aromatic N) is 2. The van der Waals surface area contributed by atoms with Crippen molar-refractivity contribution in [1.29, 1.82) is 0 Å². The summed E-state index contributed by atoms with van der Waals surface area (Å²) in [6, 6.07) is 5.46. The van der Waals surface area contributed by atoms with Crippen molar-refractivity contribution in [3.8, 4) is 22.6 Å². The minimum atomic E-state index is -0.275. The van der Waals surface area contributed by atoms with Crippen molar-refractivity contribution in [3.05, 3.63) is 40.3 Å². The Morgan fingerprint density at radius 2 is 2.00 bits per heavy atom. The molecule has 28 heavy (non-hydrogen) atoms. The second-order valence-electron chi connectivity index (χ2n) is 5.92. The molecule has 0 fully saturated rings. The first-order valence-electron chi connectivity index (χ1n) is 8.53. The molecule has 3 rings (SSSR count). The molecule has 0 aliphatic carbocycles. The SMILES string of the molecule is COCCNC(=O)Cn1cnc2scc(-c3ccc(OC)c(OC)c3)c2c1=O. The fourth-order valence-corrected chi connectivity index (χ4v) is 3.71. The van der Waals surface area contributed by atoms with Gasteiger partial charge < -0.3 is 19.5 Å². The predicted molar refractivity (Wildman–Crippen MR) is 107 cm³/mol. The van der Waals surface area contributed by atoms with E-state index in [1.54, 1.807) is 27.4 Å². The molecule has 0 aliphatic rings. The largest absolute Gasteiger partial charge is 0.493 e. The van der Waals surface area contributed by atoms with Crippen LogP contribution in [0.1, 0.15) is 0 Å². The Morgan fingerprint density at radius 3 is 2.71 bits per heavy atom. The fraction of sp³-hybridized carbons (Fsp3) is 0.316. The van der Waals surface area contributed by atoms with Gasteiger partial charge in [0.2, 0.25) is 5.91 Å². The van der Waals surface area contributed by atoms with Crippen molar-refractivity contribution < 1.29 is 19.0 Å². The number of amides is 1. The predicted octanol–water partition coefficient (Wildman–Crippen LogP) is 1.90. The average molecular weight is 403 g/mol. The Bertz CT molecular complexity index is 1040. The van der Waals surface area contributed by atoms with E-state index in [0.29, 0.717) is 34.9 Å². The summed E-state index contributed by atoms with van der Waals surface area (Å²) in [5.74, 6) is 0.901. The van der Waals surface area contributed by atoms with Crippen molar-refractivity contribution in [3.63, 3.8) is 0 Å². The topological polar surface area (TPSA) is 91.7 Å². The van der Waals surface area contributed by atoms with Gasteiger partial charge in [-0.2, -0.15) is 0 Å². The molecular formula is C19H21N3O5S. The molecule has 0 saturated heterocycles. The molecule has 2 heterocycles. The van der Waals surface area contributed by atoms with Crippen LogP contribution in [0.2, 0.25) is 0 Å². The van der Waals surface area contributed by atoms with Crippen LogP contribution in [0.25, 0.3) is 21.3 Å². The highest BCUT2D eigenvalue weighted by Gasteiger charge is 2.16. The maximum absolute atomic E-state index is 13.0. The van der Waals surface area contributed by atoms with Crippen molar-refractivity contribution in [2.24, 2.45) is 0 Å². The molecule has 1 amide bonds. The van der Waals surface area contributed by atoms with Gasteiger partial charge in [-0.3, -0.25) is 14.2 Å². The zero-order valence-corrected chi connectivity index (χ0v) is 16.7. The third-order valence-corrected chi connectivity index (χ3v) is 5.08. The lowest BCUT2D eigenvalue weighted by Crippen LogP contribution is -2.34. The number of rotatable bonds is 8. The minimum Gasteiger partial charge on any atom is -0.493 e. The van der Waals surface area contributed by atoms with Crippen LogP contribution in [0.4, 0.5) is 0 Å². The van der Waals surface area contributed by atoms with E-state index in [1.807, 2.05) is 17.5 Å². The van der Waals surface area contributed by atoms with Crippen LogP contribution in [0.15, 0.2) is 34.7 Å². The van der Waals surface area contributed by atoms with Crippen LogP contribution >= 0.6 is 11.3 Å². The molecule has 0 spiro atoms. The first-order valence-corrected chi connectivity index (χ1v) is 9.41. The highest BCUT2D eigenvalue weighted by Crippen LogP contribution is 2.36. The van der Waals surface area contributed by atoms with Gasteiger partial charge in [0.25, 0.3) is 5.56 Å². The maximum atomic E-state index is 13.0. The number of hydrogen-bond acceptors (Lipinski definition) is 7. The molecule has 3 aromatic rings. The third kappa shape index (κ3) is 4.00. The third-order valence-electron chi connectivity index (χ3n) is 4.20. The maximum Gasteiger partial charge on any atom is 0.263 e. The van der Waals surface area contributed by atoms with Crippen LogP contribution in [0.5, 0.6) is 11.5 Å². The molecular weight excluding hydrogens is 382 g/mol. The van der Waals surface area contributed by atoms with Gasteiger partial charge in [-0.05, 0) is 17.7 Å². The van der Waals surface area contributed by atoms with Crippen LogP contribution in [-0.4, -0.2) is 49.9 Å². The average Bonchev–Trinajstić information content (AvgIpc) is 3.14. The lowest BCUT2D eigenvalue weighted by Gasteiger charge is -2.10. The fourth-order valence-electron chi connectivity index (χ4n) is 2.80. The highest BCUT2D eigenvalue weighted by molar-refractivity contribution is 7.17. The zero-order chi connectivity index (χ0) is 20.1. The molecule has 8 nitrogen and oxygen atoms in total. The van der Waals surface area contributed by atoms with Gasteiger partial charge >= 0.3 is 0 Å². The van der Waals surface area contributed by atoms with E-state index in [1.165, 1.54) is 22.2 Å². The number of nitrogens with one attached hydrogen (secondary N) is 1. The molecule has 148 valence electrons. The number of hydrogen-bond donors (Lipinski definition) is 1. The summed E-state index contributed by atoms with van der Waals surface area (Å²) in [6.45, 7) is 0.688. The van der Waals surface area contributed by atoms with Crippen molar-refractivity contribution >= 4 is 27.5 Å². The number of carbonyl (C=O) groups excluding carboxylic acids is 1. The Balaban J connectivity index is 1.97. The first kappa shape index (κ1) is 19.8. The molecule has 0 aliphatic heterocycles. The summed E-state index contributed by atoms with van der Waals surface area (Å²) in [7, 11) is 4.68. The molecule has 0 saturated carbocycles. The van der Waals surface area contributed by atoms with E-state index in [2.05, 4.69) is 10.3 Å². The van der Waals surface area contributed by atoms with E-state index in [4.69, 9.17) is 14.2 Å². The molecule has 0 atom stereocenters. The number of methoxy groups -OCH3 is 3. The normalized spacial score (nSPS) is 10.8. The molecule has 2 aromatic heterocycles. The summed E-state index contributed by atoms with van der Waals surface area (Å²) in [6.07, 6.45) is 1.40. The molecule has 1 N–H and O–H groups in total. The number of thiophene rings is 1. The monoisotopic (exact) mass is 403 g/mol. The second-order valence-corrected chi connectivity index (χ2v) is 6.78. The van der Waals surface area contributed by atoms with Gasteiger partial charge in [-0.25, -0.2) is 4.98 Å². The number of carbonyl (C=O) groups is 1. The Kier molecular flexibility index (Phi) is 6.27.